The van der Waals surface area contributed by atoms with E-state index in [0.29, 0.717) is 10.2 Å². The number of aromatic nitrogens is 1. The lowest BCUT2D eigenvalue weighted by molar-refractivity contribution is -0.384. The Labute approximate surface area is 181 Å². The fraction of sp³-hybridized carbons (Fsp3) is 0.263. The van der Waals surface area contributed by atoms with Crippen LogP contribution in [0, 0.1) is 10.1 Å². The first-order valence-electron chi connectivity index (χ1n) is 9.14. The fourth-order valence-corrected chi connectivity index (χ4v) is 5.25. The maximum atomic E-state index is 13.0. The van der Waals surface area contributed by atoms with Crippen LogP contribution in [0.2, 0.25) is 0 Å². The second-order valence-electron chi connectivity index (χ2n) is 6.59. The number of benzene rings is 2. The van der Waals surface area contributed by atoms with E-state index in [-0.39, 0.29) is 34.0 Å². The number of nitro groups is 1. The van der Waals surface area contributed by atoms with Crippen molar-refractivity contribution in [3.8, 4) is 0 Å². The first-order valence-corrected chi connectivity index (χ1v) is 11.4. The van der Waals surface area contributed by atoms with Crippen molar-refractivity contribution in [2.75, 3.05) is 6.61 Å². The van der Waals surface area contributed by atoms with E-state index in [0.717, 1.165) is 11.3 Å². The Morgan fingerprint density at radius 2 is 2.03 bits per heavy atom. The molecule has 0 spiro atoms. The number of fused-ring (bicyclic) bond motifs is 1. The number of hydrogen-bond acceptors (Lipinski definition) is 8. The molecule has 0 saturated heterocycles. The number of nitrogens with zero attached hydrogens (tertiary/aromatic N) is 2. The van der Waals surface area contributed by atoms with E-state index in [4.69, 9.17) is 4.74 Å². The molecule has 0 amide bonds. The number of nitrogens with one attached hydrogen (secondary N) is 1. The Morgan fingerprint density at radius 1 is 1.29 bits per heavy atom. The molecule has 2 aromatic carbocycles. The number of non-ortho nitro benzene ring substituents is 1. The summed E-state index contributed by atoms with van der Waals surface area (Å²) in [5.74, 6) is -0.654. The summed E-state index contributed by atoms with van der Waals surface area (Å²) in [7, 11) is -2.54. The van der Waals surface area contributed by atoms with Gasteiger partial charge in [0.25, 0.3) is 5.69 Å². The van der Waals surface area contributed by atoms with E-state index >= 15 is 0 Å². The van der Waals surface area contributed by atoms with Crippen LogP contribution in [0.4, 0.5) is 5.69 Å². The average molecular weight is 466 g/mol. The minimum Gasteiger partial charge on any atom is -0.466 e. The number of hydrogen-bond donors (Lipinski definition) is 1. The highest BCUT2D eigenvalue weighted by Gasteiger charge is 2.26. The van der Waals surface area contributed by atoms with E-state index in [1.807, 2.05) is 0 Å². The zero-order valence-electron chi connectivity index (χ0n) is 16.6. The summed E-state index contributed by atoms with van der Waals surface area (Å²) in [6.07, 6.45) is -0.352. The number of ether oxygens (including phenoxy) is 1. The summed E-state index contributed by atoms with van der Waals surface area (Å²) < 4.78 is 35.3. The van der Waals surface area contributed by atoms with Crippen LogP contribution in [0.1, 0.15) is 24.9 Å². The van der Waals surface area contributed by atoms with Gasteiger partial charge < -0.3 is 9.30 Å². The van der Waals surface area contributed by atoms with E-state index in [9.17, 15) is 28.1 Å². The molecule has 0 fully saturated rings. The number of nitro benzene ring substituents is 1. The molecule has 3 rings (SSSR count). The molecule has 0 unspecified atom stereocenters. The molecule has 0 radical (unpaired) electrons. The molecule has 164 valence electrons. The molecule has 1 aromatic heterocycles. The predicted molar refractivity (Wildman–Crippen MR) is 114 cm³/mol. The van der Waals surface area contributed by atoms with Crippen LogP contribution in [-0.4, -0.2) is 30.5 Å². The van der Waals surface area contributed by atoms with E-state index in [1.54, 1.807) is 14.0 Å². The highest BCUT2D eigenvalue weighted by Crippen LogP contribution is 2.26. The Kier molecular flexibility index (Phi) is 6.53. The summed E-state index contributed by atoms with van der Waals surface area (Å²) in [6.45, 7) is 1.72. The first kappa shape index (κ1) is 22.6. The molecule has 12 heteroatoms. The summed E-state index contributed by atoms with van der Waals surface area (Å²) in [5.41, 5.74) is 0.605. The zero-order valence-corrected chi connectivity index (χ0v) is 18.2. The lowest BCUT2D eigenvalue weighted by Gasteiger charge is -2.18. The summed E-state index contributed by atoms with van der Waals surface area (Å²) >= 11 is 0.913. The van der Waals surface area contributed by atoms with Crippen molar-refractivity contribution in [1.82, 2.24) is 9.29 Å². The topological polar surface area (TPSA) is 138 Å². The van der Waals surface area contributed by atoms with Gasteiger partial charge in [-0.3, -0.25) is 19.7 Å². The summed E-state index contributed by atoms with van der Waals surface area (Å²) in [6, 6.07) is 8.54. The van der Waals surface area contributed by atoms with E-state index in [2.05, 4.69) is 4.72 Å². The van der Waals surface area contributed by atoms with Gasteiger partial charge >= 0.3 is 10.8 Å². The zero-order chi connectivity index (χ0) is 22.8. The molecular formula is C19H19N3O7S2. The molecule has 31 heavy (non-hydrogen) atoms. The largest absolute Gasteiger partial charge is 0.466 e. The van der Waals surface area contributed by atoms with Crippen molar-refractivity contribution < 1.29 is 22.9 Å². The van der Waals surface area contributed by atoms with Gasteiger partial charge in [-0.1, -0.05) is 23.5 Å². The third kappa shape index (κ3) is 4.98. The molecule has 1 atom stereocenters. The van der Waals surface area contributed by atoms with Crippen LogP contribution in [0.15, 0.2) is 52.2 Å². The molecule has 0 saturated carbocycles. The van der Waals surface area contributed by atoms with Crippen molar-refractivity contribution in [3.63, 3.8) is 0 Å². The predicted octanol–water partition coefficient (Wildman–Crippen LogP) is 2.48. The SMILES string of the molecule is CCOC(=O)C[C@@H](NS(=O)(=O)c1ccc2c(c1)sc(=O)n2C)c1cccc([N+](=O)[O-])c1. The van der Waals surface area contributed by atoms with Crippen LogP contribution in [0.3, 0.4) is 0 Å². The highest BCUT2D eigenvalue weighted by atomic mass is 32.2. The van der Waals surface area contributed by atoms with Crippen molar-refractivity contribution >= 4 is 43.2 Å². The average Bonchev–Trinajstić information content (AvgIpc) is 3.01. The number of aryl methyl sites for hydroxylation is 1. The Bertz CT molecular complexity index is 1310. The van der Waals surface area contributed by atoms with Gasteiger partial charge in [-0.15, -0.1) is 0 Å². The highest BCUT2D eigenvalue weighted by molar-refractivity contribution is 7.89. The molecule has 0 aliphatic rings. The monoisotopic (exact) mass is 465 g/mol. The van der Waals surface area contributed by atoms with Gasteiger partial charge in [-0.2, -0.15) is 0 Å². The van der Waals surface area contributed by atoms with Crippen LogP contribution < -0.4 is 9.60 Å². The quantitative estimate of drug-likeness (QED) is 0.306. The van der Waals surface area contributed by atoms with Gasteiger partial charge in [0, 0.05) is 19.2 Å². The molecule has 1 N–H and O–H groups in total. The molecule has 10 nitrogen and oxygen atoms in total. The number of sulfonamides is 1. The summed E-state index contributed by atoms with van der Waals surface area (Å²) in [4.78, 5) is 34.1. The first-order chi connectivity index (χ1) is 14.6. The van der Waals surface area contributed by atoms with Crippen LogP contribution in [-0.2, 0) is 26.6 Å². The number of rotatable bonds is 8. The summed E-state index contributed by atoms with van der Waals surface area (Å²) in [5, 5.41) is 11.1. The van der Waals surface area contributed by atoms with Gasteiger partial charge in [0.2, 0.25) is 10.0 Å². The maximum absolute atomic E-state index is 13.0. The van der Waals surface area contributed by atoms with Crippen molar-refractivity contribution in [2.45, 2.75) is 24.3 Å². The number of esters is 1. The molecule has 0 aliphatic heterocycles. The Hall–Kier alpha value is -3.09. The van der Waals surface area contributed by atoms with E-state index < -0.39 is 27.0 Å². The molecule has 3 aromatic rings. The molecule has 1 heterocycles. The smallest absolute Gasteiger partial charge is 0.307 e. The fourth-order valence-electron chi connectivity index (χ4n) is 3.01. The normalized spacial score (nSPS) is 12.6. The van der Waals surface area contributed by atoms with Crippen LogP contribution >= 0.6 is 11.3 Å². The molecular weight excluding hydrogens is 446 g/mol. The van der Waals surface area contributed by atoms with E-state index in [1.165, 1.54) is 47.0 Å². The van der Waals surface area contributed by atoms with Gasteiger partial charge in [-0.05, 0) is 30.7 Å². The number of carbonyl (C=O) groups excluding carboxylic acids is 1. The third-order valence-corrected chi connectivity index (χ3v) is 7.00. The second-order valence-corrected chi connectivity index (χ2v) is 9.30. The van der Waals surface area contributed by atoms with Crippen molar-refractivity contribution in [1.29, 1.82) is 0 Å². The number of thiazole rings is 1. The van der Waals surface area contributed by atoms with Crippen molar-refractivity contribution in [2.24, 2.45) is 7.05 Å². The van der Waals surface area contributed by atoms with Gasteiger partial charge in [0.15, 0.2) is 0 Å². The molecule has 0 bridgehead atoms. The van der Waals surface area contributed by atoms with Gasteiger partial charge in [-0.25, -0.2) is 13.1 Å². The minimum atomic E-state index is -4.13. The molecule has 0 aliphatic carbocycles. The van der Waals surface area contributed by atoms with Crippen molar-refractivity contribution in [3.05, 3.63) is 67.8 Å². The van der Waals surface area contributed by atoms with Crippen LogP contribution in [0.25, 0.3) is 10.2 Å². The maximum Gasteiger partial charge on any atom is 0.307 e. The third-order valence-electron chi connectivity index (χ3n) is 4.53. The lowest BCUT2D eigenvalue weighted by Crippen LogP contribution is -2.30. The Balaban J connectivity index is 1.99. The standard InChI is InChI=1S/C19H19N3O7S2/c1-3-29-18(23)11-15(12-5-4-6-13(9-12)22(25)26)20-31(27,28)14-7-8-16-17(10-14)30-19(24)21(16)2/h4-10,15,20H,3,11H2,1-2H3/t15-/m1/s1. The number of carbonyl (C=O) groups is 1. The second kappa shape index (κ2) is 8.96. The van der Waals surface area contributed by atoms with Gasteiger partial charge in [0.1, 0.15) is 0 Å². The van der Waals surface area contributed by atoms with Gasteiger partial charge in [0.05, 0.1) is 39.1 Å². The van der Waals surface area contributed by atoms with Crippen LogP contribution in [0.5, 0.6) is 0 Å². The Morgan fingerprint density at radius 3 is 2.71 bits per heavy atom. The minimum absolute atomic E-state index is 0.0962. The lowest BCUT2D eigenvalue weighted by atomic mass is 10.0.